The Bertz CT molecular complexity index is 1220. The van der Waals surface area contributed by atoms with Gasteiger partial charge in [0.15, 0.2) is 0 Å². The van der Waals surface area contributed by atoms with E-state index in [4.69, 9.17) is 0 Å². The maximum Gasteiger partial charge on any atom is 0.268 e. The maximum absolute atomic E-state index is 12.8. The lowest BCUT2D eigenvalue weighted by atomic mass is 10.1. The molecule has 0 saturated carbocycles. The van der Waals surface area contributed by atoms with Crippen molar-refractivity contribution in [1.29, 1.82) is 0 Å². The van der Waals surface area contributed by atoms with Crippen LogP contribution in [0.1, 0.15) is 34.6 Å². The number of hydrogen-bond acceptors (Lipinski definition) is 3. The summed E-state index contributed by atoms with van der Waals surface area (Å²) in [6.45, 7) is 3.85. The molecule has 0 radical (unpaired) electrons. The summed E-state index contributed by atoms with van der Waals surface area (Å²) in [6, 6.07) is 14.9. The van der Waals surface area contributed by atoms with Crippen LogP contribution < -0.4 is 10.9 Å². The highest BCUT2D eigenvalue weighted by Gasteiger charge is 2.19. The van der Waals surface area contributed by atoms with Gasteiger partial charge < -0.3 is 9.88 Å². The quantitative estimate of drug-likeness (QED) is 0.611. The summed E-state index contributed by atoms with van der Waals surface area (Å²) in [5.41, 5.74) is 3.28. The predicted molar refractivity (Wildman–Crippen MR) is 105 cm³/mol. The van der Waals surface area contributed by atoms with E-state index in [1.54, 1.807) is 29.9 Å². The first-order valence-electron chi connectivity index (χ1n) is 8.80. The lowest BCUT2D eigenvalue weighted by Gasteiger charge is -2.14. The molecular weight excluding hydrogens is 340 g/mol. The summed E-state index contributed by atoms with van der Waals surface area (Å²) in [4.78, 5) is 30.2. The van der Waals surface area contributed by atoms with E-state index in [2.05, 4.69) is 10.3 Å². The number of aromatic nitrogens is 3. The smallest absolute Gasteiger partial charge is 0.268 e. The number of hydrogen-bond donors (Lipinski definition) is 1. The number of fused-ring (bicyclic) bond motifs is 2. The number of aryl methyl sites for hydroxylation is 2. The third-order valence-corrected chi connectivity index (χ3v) is 4.83. The Morgan fingerprint density at radius 2 is 1.89 bits per heavy atom. The number of carbonyl (C=O) groups is 1. The molecule has 136 valence electrons. The molecule has 3 aromatic heterocycles. The minimum absolute atomic E-state index is 0.146. The molecule has 1 amide bonds. The van der Waals surface area contributed by atoms with E-state index in [1.165, 1.54) is 4.40 Å². The summed E-state index contributed by atoms with van der Waals surface area (Å²) in [5, 5.41) is 3.42. The Kier molecular flexibility index (Phi) is 4.03. The number of nitrogens with zero attached hydrogens (tertiary/aromatic N) is 3. The largest absolute Gasteiger partial charge is 0.344 e. The van der Waals surface area contributed by atoms with Crippen molar-refractivity contribution >= 4 is 22.6 Å². The predicted octanol–water partition coefficient (Wildman–Crippen LogP) is 2.99. The average molecular weight is 360 g/mol. The molecule has 0 fully saturated rings. The molecule has 27 heavy (non-hydrogen) atoms. The molecule has 4 rings (SSSR count). The minimum Gasteiger partial charge on any atom is -0.344 e. The highest BCUT2D eigenvalue weighted by Crippen LogP contribution is 2.17. The van der Waals surface area contributed by atoms with Crippen LogP contribution in [0.4, 0.5) is 0 Å². The first-order chi connectivity index (χ1) is 13.0. The lowest BCUT2D eigenvalue weighted by Crippen LogP contribution is -2.28. The van der Waals surface area contributed by atoms with Gasteiger partial charge in [-0.25, -0.2) is 4.98 Å². The molecule has 0 unspecified atom stereocenters. The van der Waals surface area contributed by atoms with Gasteiger partial charge in [0, 0.05) is 13.2 Å². The van der Waals surface area contributed by atoms with Crippen LogP contribution in [0.5, 0.6) is 0 Å². The third-order valence-electron chi connectivity index (χ3n) is 4.83. The zero-order chi connectivity index (χ0) is 19.1. The van der Waals surface area contributed by atoms with Crippen molar-refractivity contribution in [1.82, 2.24) is 19.3 Å². The van der Waals surface area contributed by atoms with Gasteiger partial charge in [-0.3, -0.25) is 14.0 Å². The van der Waals surface area contributed by atoms with Crippen molar-refractivity contribution in [3.8, 4) is 0 Å². The highest BCUT2D eigenvalue weighted by molar-refractivity contribution is 5.98. The van der Waals surface area contributed by atoms with Crippen molar-refractivity contribution in [3.63, 3.8) is 0 Å². The molecule has 0 spiro atoms. The standard InChI is InChI=1S/C21H20N4O2/c1-13-9-10-18-23-19-16(21(27)25(18)12-13)11-17(24(19)3)20(26)22-14(2)15-7-5-4-6-8-15/h4-12,14H,1-3H3,(H,22,26)/t14-/m0/s1. The normalized spacial score (nSPS) is 12.4. The fourth-order valence-corrected chi connectivity index (χ4v) is 3.29. The summed E-state index contributed by atoms with van der Waals surface area (Å²) in [6.07, 6.45) is 1.76. The summed E-state index contributed by atoms with van der Waals surface area (Å²) in [5.74, 6) is -0.239. The van der Waals surface area contributed by atoms with Gasteiger partial charge in [0.25, 0.3) is 11.5 Å². The van der Waals surface area contributed by atoms with Crippen LogP contribution in [0, 0.1) is 6.92 Å². The SMILES string of the molecule is Cc1ccc2nc3c(cc(C(=O)N[C@@H](C)c4ccccc4)n3C)c(=O)n2c1. The van der Waals surface area contributed by atoms with Crippen molar-refractivity contribution in [2.75, 3.05) is 0 Å². The van der Waals surface area contributed by atoms with Crippen molar-refractivity contribution < 1.29 is 4.79 Å². The van der Waals surface area contributed by atoms with E-state index in [-0.39, 0.29) is 17.5 Å². The highest BCUT2D eigenvalue weighted by atomic mass is 16.2. The fraction of sp³-hybridized carbons (Fsp3) is 0.190. The van der Waals surface area contributed by atoms with Crippen LogP contribution in [0.25, 0.3) is 16.7 Å². The second kappa shape index (κ2) is 6.39. The van der Waals surface area contributed by atoms with Crippen molar-refractivity contribution in [2.45, 2.75) is 19.9 Å². The van der Waals surface area contributed by atoms with E-state index in [0.717, 1.165) is 11.1 Å². The van der Waals surface area contributed by atoms with E-state index in [1.807, 2.05) is 50.2 Å². The number of carbonyl (C=O) groups excluding carboxylic acids is 1. The van der Waals surface area contributed by atoms with E-state index in [9.17, 15) is 9.59 Å². The van der Waals surface area contributed by atoms with Crippen LogP contribution >= 0.6 is 0 Å². The van der Waals surface area contributed by atoms with E-state index in [0.29, 0.717) is 22.4 Å². The van der Waals surface area contributed by atoms with Crippen LogP contribution in [0.15, 0.2) is 59.5 Å². The zero-order valence-electron chi connectivity index (χ0n) is 15.4. The Balaban J connectivity index is 1.77. The number of nitrogens with one attached hydrogen (secondary N) is 1. The molecule has 0 saturated heterocycles. The number of pyridine rings is 1. The second-order valence-corrected chi connectivity index (χ2v) is 6.78. The number of rotatable bonds is 3. The van der Waals surface area contributed by atoms with Crippen LogP contribution in [-0.2, 0) is 7.05 Å². The first kappa shape index (κ1) is 17.0. The van der Waals surface area contributed by atoms with Gasteiger partial charge in [0.2, 0.25) is 0 Å². The Morgan fingerprint density at radius 1 is 1.15 bits per heavy atom. The van der Waals surface area contributed by atoms with E-state index >= 15 is 0 Å². The lowest BCUT2D eigenvalue weighted by molar-refractivity contribution is 0.0932. The summed E-state index contributed by atoms with van der Waals surface area (Å²) < 4.78 is 3.19. The molecule has 0 aliphatic heterocycles. The molecule has 6 heteroatoms. The van der Waals surface area contributed by atoms with Gasteiger partial charge >= 0.3 is 0 Å². The number of benzene rings is 1. The second-order valence-electron chi connectivity index (χ2n) is 6.78. The van der Waals surface area contributed by atoms with Gasteiger partial charge in [-0.1, -0.05) is 36.4 Å². The molecular formula is C21H20N4O2. The van der Waals surface area contributed by atoms with Crippen LogP contribution in [0.3, 0.4) is 0 Å². The van der Waals surface area contributed by atoms with Gasteiger partial charge in [-0.2, -0.15) is 0 Å². The molecule has 4 aromatic rings. The van der Waals surface area contributed by atoms with Crippen molar-refractivity contribution in [3.05, 3.63) is 81.9 Å². The Labute approximate surface area is 156 Å². The first-order valence-corrected chi connectivity index (χ1v) is 8.80. The molecule has 1 atom stereocenters. The van der Waals surface area contributed by atoms with Gasteiger partial charge in [-0.15, -0.1) is 0 Å². The summed E-state index contributed by atoms with van der Waals surface area (Å²) in [7, 11) is 1.75. The number of amides is 1. The van der Waals surface area contributed by atoms with Crippen molar-refractivity contribution in [2.24, 2.45) is 7.05 Å². The molecule has 0 aliphatic carbocycles. The fourth-order valence-electron chi connectivity index (χ4n) is 3.29. The van der Waals surface area contributed by atoms with Gasteiger partial charge in [0.1, 0.15) is 17.0 Å². The molecule has 0 bridgehead atoms. The zero-order valence-corrected chi connectivity index (χ0v) is 15.4. The summed E-state index contributed by atoms with van der Waals surface area (Å²) >= 11 is 0. The monoisotopic (exact) mass is 360 g/mol. The Hall–Kier alpha value is -3.41. The molecule has 3 heterocycles. The van der Waals surface area contributed by atoms with Crippen LogP contribution in [-0.4, -0.2) is 19.9 Å². The third kappa shape index (κ3) is 2.89. The van der Waals surface area contributed by atoms with Gasteiger partial charge in [-0.05, 0) is 37.1 Å². The van der Waals surface area contributed by atoms with Gasteiger partial charge in [0.05, 0.1) is 11.4 Å². The molecule has 1 aromatic carbocycles. The Morgan fingerprint density at radius 3 is 2.63 bits per heavy atom. The average Bonchev–Trinajstić information content (AvgIpc) is 3.00. The maximum atomic E-state index is 12.8. The van der Waals surface area contributed by atoms with Crippen LogP contribution in [0.2, 0.25) is 0 Å². The minimum atomic E-state index is -0.239. The van der Waals surface area contributed by atoms with E-state index < -0.39 is 0 Å². The molecule has 0 aliphatic rings. The topological polar surface area (TPSA) is 68.4 Å². The molecule has 1 N–H and O–H groups in total. The molecule has 6 nitrogen and oxygen atoms in total.